The number of fused-ring (bicyclic) bond motifs is 2. The van der Waals surface area contributed by atoms with Crippen molar-refractivity contribution in [3.63, 3.8) is 0 Å². The zero-order chi connectivity index (χ0) is 23.3. The Morgan fingerprint density at radius 2 is 2.03 bits per heavy atom. The molecule has 0 radical (unpaired) electrons. The number of nitrogens with one attached hydrogen (secondary N) is 2. The number of halogens is 2. The first-order valence-electron chi connectivity index (χ1n) is 10.3. The quantitative estimate of drug-likeness (QED) is 0.430. The molecular weight excluding hydrogens is 451 g/mol. The molecule has 1 amide bonds. The molecule has 0 aromatic carbocycles. The van der Waals surface area contributed by atoms with Crippen LogP contribution in [-0.2, 0) is 16.6 Å². The lowest BCUT2D eigenvalue weighted by molar-refractivity contribution is -0.119. The lowest BCUT2D eigenvalue weighted by atomic mass is 9.81. The van der Waals surface area contributed by atoms with Crippen molar-refractivity contribution >= 4 is 29.0 Å². The summed E-state index contributed by atoms with van der Waals surface area (Å²) < 4.78 is 15.6. The minimum absolute atomic E-state index is 0.0403. The molecule has 1 unspecified atom stereocenters. The van der Waals surface area contributed by atoms with Gasteiger partial charge >= 0.3 is 0 Å². The largest absolute Gasteiger partial charge is 0.309 e. The molecule has 12 heteroatoms. The second-order valence-corrected chi connectivity index (χ2v) is 8.30. The standard InChI is InChI=1S/C21H18ClFN8O2/c1-3-4-5-11-18-24-9-25-31(18)8-12(26-11)16-28-17-14(19(32)29-16)21(2,20(33)30-17)13-7-6-10(22)15(23)27-13/h6-9H,3-5H2,1-2H3,(H2,28,29,30,32,33). The number of hydrogen-bond donors (Lipinski definition) is 2. The van der Waals surface area contributed by atoms with Crippen molar-refractivity contribution < 1.29 is 9.18 Å². The van der Waals surface area contributed by atoms with Crippen LogP contribution in [0.4, 0.5) is 10.2 Å². The van der Waals surface area contributed by atoms with E-state index in [-0.39, 0.29) is 27.9 Å². The molecule has 4 aromatic heterocycles. The average molecular weight is 469 g/mol. The summed E-state index contributed by atoms with van der Waals surface area (Å²) in [7, 11) is 0. The number of H-pyrrole nitrogens is 1. The molecule has 0 spiro atoms. The number of rotatable bonds is 5. The highest BCUT2D eigenvalue weighted by Crippen LogP contribution is 2.39. The maximum absolute atomic E-state index is 14.0. The summed E-state index contributed by atoms with van der Waals surface area (Å²) in [6, 6.07) is 2.70. The summed E-state index contributed by atoms with van der Waals surface area (Å²) in [4.78, 5) is 45.9. The number of nitrogens with zero attached hydrogens (tertiary/aromatic N) is 6. The summed E-state index contributed by atoms with van der Waals surface area (Å²) >= 11 is 5.73. The number of amides is 1. The van der Waals surface area contributed by atoms with E-state index in [9.17, 15) is 14.0 Å². The SMILES string of the molecule is CCCCc1nc(-c2nc3c(c(=O)[nH]2)C(C)(c2ccc(Cl)c(F)n2)C(=O)N3)cn2ncnc12. The van der Waals surface area contributed by atoms with Crippen LogP contribution < -0.4 is 10.9 Å². The van der Waals surface area contributed by atoms with E-state index >= 15 is 0 Å². The van der Waals surface area contributed by atoms with Crippen LogP contribution in [0.15, 0.2) is 29.5 Å². The van der Waals surface area contributed by atoms with E-state index < -0.39 is 22.8 Å². The van der Waals surface area contributed by atoms with Gasteiger partial charge in [0.25, 0.3) is 5.56 Å². The minimum Gasteiger partial charge on any atom is -0.309 e. The Hall–Kier alpha value is -3.73. The van der Waals surface area contributed by atoms with Gasteiger partial charge in [-0.15, -0.1) is 0 Å². The number of unbranched alkanes of at least 4 members (excludes halogenated alkanes) is 1. The highest BCUT2D eigenvalue weighted by atomic mass is 35.5. The van der Waals surface area contributed by atoms with Gasteiger partial charge in [-0.25, -0.2) is 24.5 Å². The minimum atomic E-state index is -1.55. The van der Waals surface area contributed by atoms with Crippen LogP contribution in [0.3, 0.4) is 0 Å². The number of carbonyl (C=O) groups is 1. The van der Waals surface area contributed by atoms with Gasteiger partial charge in [0, 0.05) is 0 Å². The van der Waals surface area contributed by atoms with E-state index in [1.165, 1.54) is 25.4 Å². The van der Waals surface area contributed by atoms with E-state index in [2.05, 4.69) is 42.3 Å². The Morgan fingerprint density at radius 1 is 1.21 bits per heavy atom. The van der Waals surface area contributed by atoms with Crippen LogP contribution in [0, 0.1) is 5.95 Å². The fourth-order valence-electron chi connectivity index (χ4n) is 3.95. The van der Waals surface area contributed by atoms with Gasteiger partial charge < -0.3 is 10.3 Å². The number of aryl methyl sites for hydroxylation is 1. The second-order valence-electron chi connectivity index (χ2n) is 7.89. The van der Waals surface area contributed by atoms with Gasteiger partial charge in [0.05, 0.1) is 28.2 Å². The van der Waals surface area contributed by atoms with E-state index in [1.807, 2.05) is 0 Å². The van der Waals surface area contributed by atoms with Gasteiger partial charge in [0.1, 0.15) is 23.3 Å². The Labute approximate surface area is 191 Å². The molecule has 2 N–H and O–H groups in total. The molecule has 5 heterocycles. The number of carbonyl (C=O) groups excluding carboxylic acids is 1. The zero-order valence-electron chi connectivity index (χ0n) is 17.7. The van der Waals surface area contributed by atoms with Crippen LogP contribution in [0.25, 0.3) is 17.2 Å². The van der Waals surface area contributed by atoms with Gasteiger partial charge in [-0.2, -0.15) is 9.49 Å². The normalized spacial score (nSPS) is 17.4. The van der Waals surface area contributed by atoms with Crippen LogP contribution in [-0.4, -0.2) is 40.4 Å². The Bertz CT molecular complexity index is 1480. The van der Waals surface area contributed by atoms with Crippen molar-refractivity contribution in [2.24, 2.45) is 0 Å². The summed E-state index contributed by atoms with van der Waals surface area (Å²) in [5.74, 6) is -1.25. The molecule has 33 heavy (non-hydrogen) atoms. The van der Waals surface area contributed by atoms with Crippen molar-refractivity contribution in [3.05, 3.63) is 62.9 Å². The van der Waals surface area contributed by atoms with Gasteiger partial charge in [-0.05, 0) is 31.9 Å². The third-order valence-electron chi connectivity index (χ3n) is 5.76. The van der Waals surface area contributed by atoms with E-state index in [0.29, 0.717) is 17.8 Å². The van der Waals surface area contributed by atoms with E-state index in [0.717, 1.165) is 18.5 Å². The predicted octanol–water partition coefficient (Wildman–Crippen LogP) is 2.66. The second kappa shape index (κ2) is 7.69. The van der Waals surface area contributed by atoms with E-state index in [1.54, 1.807) is 10.7 Å². The topological polar surface area (TPSA) is 131 Å². The molecule has 10 nitrogen and oxygen atoms in total. The van der Waals surface area contributed by atoms with Crippen LogP contribution >= 0.6 is 11.6 Å². The lowest BCUT2D eigenvalue weighted by Crippen LogP contribution is -2.37. The molecule has 1 atom stereocenters. The van der Waals surface area contributed by atoms with Crippen LogP contribution in [0.5, 0.6) is 0 Å². The molecule has 0 bridgehead atoms. The molecular formula is C21H18ClFN8O2. The van der Waals surface area contributed by atoms with Gasteiger partial charge in [-0.1, -0.05) is 24.9 Å². The summed E-state index contributed by atoms with van der Waals surface area (Å²) in [6.45, 7) is 3.56. The fraction of sp³-hybridized carbons (Fsp3) is 0.286. The molecule has 0 fully saturated rings. The Balaban J connectivity index is 1.64. The zero-order valence-corrected chi connectivity index (χ0v) is 18.4. The molecule has 0 saturated carbocycles. The first-order valence-corrected chi connectivity index (χ1v) is 10.7. The molecule has 1 aliphatic rings. The maximum atomic E-state index is 14.0. The number of anilines is 1. The van der Waals surface area contributed by atoms with Gasteiger partial charge in [0.15, 0.2) is 11.5 Å². The Kier molecular flexibility index (Phi) is 4.93. The van der Waals surface area contributed by atoms with Crippen molar-refractivity contribution in [1.29, 1.82) is 0 Å². The number of pyridine rings is 1. The number of aromatic amines is 1. The maximum Gasteiger partial charge on any atom is 0.258 e. The molecule has 4 aromatic rings. The first-order chi connectivity index (χ1) is 15.8. The van der Waals surface area contributed by atoms with Crippen molar-refractivity contribution in [1.82, 2.24) is 34.5 Å². The third kappa shape index (κ3) is 3.27. The average Bonchev–Trinajstić information content (AvgIpc) is 3.37. The monoisotopic (exact) mass is 468 g/mol. The summed E-state index contributed by atoms with van der Waals surface area (Å²) in [5.41, 5.74) is -0.295. The molecule has 168 valence electrons. The number of hydrogen-bond acceptors (Lipinski definition) is 7. The van der Waals surface area contributed by atoms with Crippen LogP contribution in [0.2, 0.25) is 5.02 Å². The van der Waals surface area contributed by atoms with Crippen molar-refractivity contribution in [2.75, 3.05) is 5.32 Å². The van der Waals surface area contributed by atoms with Crippen molar-refractivity contribution in [2.45, 2.75) is 38.5 Å². The first kappa shape index (κ1) is 21.1. The van der Waals surface area contributed by atoms with Gasteiger partial charge in [-0.3, -0.25) is 9.59 Å². The van der Waals surface area contributed by atoms with E-state index in [4.69, 9.17) is 11.6 Å². The smallest absolute Gasteiger partial charge is 0.258 e. The highest BCUT2D eigenvalue weighted by Gasteiger charge is 2.49. The van der Waals surface area contributed by atoms with Crippen molar-refractivity contribution in [3.8, 4) is 11.5 Å². The third-order valence-corrected chi connectivity index (χ3v) is 6.04. The number of aromatic nitrogens is 7. The fourth-order valence-corrected chi connectivity index (χ4v) is 4.06. The molecule has 1 aliphatic heterocycles. The summed E-state index contributed by atoms with van der Waals surface area (Å²) in [6.07, 6.45) is 5.61. The molecule has 5 rings (SSSR count). The van der Waals surface area contributed by atoms with Gasteiger partial charge in [0.2, 0.25) is 11.9 Å². The highest BCUT2D eigenvalue weighted by molar-refractivity contribution is 6.30. The lowest BCUT2D eigenvalue weighted by Gasteiger charge is -2.20. The molecule has 0 saturated heterocycles. The molecule has 0 aliphatic carbocycles. The predicted molar refractivity (Wildman–Crippen MR) is 118 cm³/mol. The van der Waals surface area contributed by atoms with Crippen LogP contribution in [0.1, 0.15) is 43.6 Å². The summed E-state index contributed by atoms with van der Waals surface area (Å²) in [5, 5.41) is 6.62. The Morgan fingerprint density at radius 3 is 2.79 bits per heavy atom.